The lowest BCUT2D eigenvalue weighted by molar-refractivity contribution is -0.132. The van der Waals surface area contributed by atoms with Crippen LogP contribution in [0, 0.1) is 5.82 Å². The summed E-state index contributed by atoms with van der Waals surface area (Å²) in [5.74, 6) is 0.0766. The van der Waals surface area contributed by atoms with E-state index in [0.717, 1.165) is 41.6 Å². The molecular formula is C31H36ClFN6O2. The summed E-state index contributed by atoms with van der Waals surface area (Å²) in [6, 6.07) is 12.6. The number of aromatic nitrogens is 3. The Labute approximate surface area is 244 Å². The van der Waals surface area contributed by atoms with Gasteiger partial charge in [0.15, 0.2) is 0 Å². The fraction of sp³-hybridized carbons (Fsp3) is 0.387. The number of nitrogens with zero attached hydrogens (tertiary/aromatic N) is 4. The summed E-state index contributed by atoms with van der Waals surface area (Å²) in [6.07, 6.45) is 6.80. The number of anilines is 1. The van der Waals surface area contributed by atoms with Crippen molar-refractivity contribution in [2.45, 2.75) is 50.6 Å². The van der Waals surface area contributed by atoms with Crippen molar-refractivity contribution in [2.24, 2.45) is 5.73 Å². The van der Waals surface area contributed by atoms with Crippen LogP contribution >= 0.6 is 11.6 Å². The number of ether oxygens (including phenoxy) is 1. The highest BCUT2D eigenvalue weighted by atomic mass is 35.5. The van der Waals surface area contributed by atoms with E-state index in [1.54, 1.807) is 25.6 Å². The molecule has 1 amide bonds. The number of halogens is 2. The molecule has 3 heterocycles. The lowest BCUT2D eigenvalue weighted by Gasteiger charge is -2.34. The van der Waals surface area contributed by atoms with Crippen LogP contribution in [-0.2, 0) is 22.5 Å². The van der Waals surface area contributed by atoms with Gasteiger partial charge in [0.1, 0.15) is 5.82 Å². The molecule has 1 fully saturated rings. The predicted molar refractivity (Wildman–Crippen MR) is 160 cm³/mol. The lowest BCUT2D eigenvalue weighted by atomic mass is 9.93. The Kier molecular flexibility index (Phi) is 9.17. The van der Waals surface area contributed by atoms with E-state index in [0.29, 0.717) is 48.6 Å². The number of aryl methyl sites for hydroxylation is 1. The van der Waals surface area contributed by atoms with Crippen molar-refractivity contribution in [2.75, 3.05) is 32.5 Å². The zero-order chi connectivity index (χ0) is 28.9. The number of hydrogen-bond donors (Lipinski definition) is 2. The van der Waals surface area contributed by atoms with E-state index in [1.165, 1.54) is 6.07 Å². The highest BCUT2D eigenvalue weighted by Crippen LogP contribution is 2.36. The third kappa shape index (κ3) is 6.69. The van der Waals surface area contributed by atoms with Gasteiger partial charge in [-0.1, -0.05) is 35.9 Å². The maximum atomic E-state index is 14.8. The molecule has 2 aromatic carbocycles. The van der Waals surface area contributed by atoms with Crippen LogP contribution in [0.5, 0.6) is 0 Å². The van der Waals surface area contributed by atoms with E-state index in [2.05, 4.69) is 14.5 Å². The van der Waals surface area contributed by atoms with Gasteiger partial charge in [0.25, 0.3) is 0 Å². The maximum absolute atomic E-state index is 14.8. The number of rotatable bonds is 10. The number of methoxy groups -OCH3 is 1. The summed E-state index contributed by atoms with van der Waals surface area (Å²) in [4.78, 5) is 23.3. The number of benzene rings is 2. The molecule has 2 atom stereocenters. The minimum atomic E-state index is -0.304. The highest BCUT2D eigenvalue weighted by Gasteiger charge is 2.29. The first-order valence-corrected chi connectivity index (χ1v) is 14.4. The van der Waals surface area contributed by atoms with Gasteiger partial charge in [0.05, 0.1) is 10.5 Å². The summed E-state index contributed by atoms with van der Waals surface area (Å²) < 4.78 is 22.2. The number of likely N-dealkylation sites (tertiary alicyclic amines) is 1. The molecule has 1 unspecified atom stereocenters. The lowest BCUT2D eigenvalue weighted by Crippen LogP contribution is -2.42. The zero-order valence-electron chi connectivity index (χ0n) is 23.2. The molecule has 216 valence electrons. The second kappa shape index (κ2) is 13.0. The Bertz CT molecular complexity index is 1490. The van der Waals surface area contributed by atoms with Crippen LogP contribution in [0.2, 0.25) is 5.02 Å². The number of carbonyl (C=O) groups excluding carboxylic acids is 1. The number of piperidine rings is 1. The molecule has 2 aromatic heterocycles. The van der Waals surface area contributed by atoms with Gasteiger partial charge in [-0.15, -0.1) is 0 Å². The summed E-state index contributed by atoms with van der Waals surface area (Å²) in [7, 11) is 1.67. The Hall–Kier alpha value is -3.53. The van der Waals surface area contributed by atoms with Crippen LogP contribution in [0.25, 0.3) is 22.0 Å². The summed E-state index contributed by atoms with van der Waals surface area (Å²) in [5.41, 5.74) is 16.7. The second-order valence-corrected chi connectivity index (χ2v) is 11.1. The van der Waals surface area contributed by atoms with Crippen molar-refractivity contribution >= 4 is 34.4 Å². The minimum Gasteiger partial charge on any atom is -0.385 e. The Morgan fingerprint density at radius 3 is 2.66 bits per heavy atom. The van der Waals surface area contributed by atoms with Gasteiger partial charge < -0.3 is 25.7 Å². The maximum Gasteiger partial charge on any atom is 0.224 e. The van der Waals surface area contributed by atoms with Crippen molar-refractivity contribution in [3.63, 3.8) is 0 Å². The van der Waals surface area contributed by atoms with Gasteiger partial charge in [-0.05, 0) is 55.0 Å². The van der Waals surface area contributed by atoms with Gasteiger partial charge >= 0.3 is 0 Å². The number of hydrogen-bond acceptors (Lipinski definition) is 6. The quantitative estimate of drug-likeness (QED) is 0.251. The molecule has 1 saturated heterocycles. The van der Waals surface area contributed by atoms with Gasteiger partial charge in [0.2, 0.25) is 11.9 Å². The molecule has 0 aliphatic carbocycles. The molecule has 0 bridgehead atoms. The van der Waals surface area contributed by atoms with Crippen LogP contribution in [-0.4, -0.2) is 58.2 Å². The third-order valence-electron chi connectivity index (χ3n) is 7.80. The SMILES string of the molecule is COCCCn1c(C2CCCN(C(=O)C[C@H](N)Cc3ccc(-c4cnc(N)nc4)cc3)C2)cc2c(F)ccc(Cl)c21. The van der Waals surface area contributed by atoms with Crippen molar-refractivity contribution in [1.82, 2.24) is 19.4 Å². The fourth-order valence-electron chi connectivity index (χ4n) is 5.76. The summed E-state index contributed by atoms with van der Waals surface area (Å²) in [6.45, 7) is 2.52. The normalized spacial score (nSPS) is 16.3. The second-order valence-electron chi connectivity index (χ2n) is 10.7. The fourth-order valence-corrected chi connectivity index (χ4v) is 6.03. The number of amides is 1. The van der Waals surface area contributed by atoms with E-state index in [-0.39, 0.29) is 36.1 Å². The van der Waals surface area contributed by atoms with Crippen molar-refractivity contribution in [1.29, 1.82) is 0 Å². The average molecular weight is 579 g/mol. The zero-order valence-corrected chi connectivity index (χ0v) is 24.0. The minimum absolute atomic E-state index is 0.0455. The first-order chi connectivity index (χ1) is 19.8. The largest absolute Gasteiger partial charge is 0.385 e. The van der Waals surface area contributed by atoms with Gasteiger partial charge in [0, 0.05) is 80.8 Å². The number of fused-ring (bicyclic) bond motifs is 1. The Balaban J connectivity index is 1.24. The monoisotopic (exact) mass is 578 g/mol. The molecule has 0 saturated carbocycles. The van der Waals surface area contributed by atoms with Gasteiger partial charge in [-0.3, -0.25) is 4.79 Å². The number of nitrogens with two attached hydrogens (primary N) is 2. The molecule has 8 nitrogen and oxygen atoms in total. The molecule has 4 aromatic rings. The predicted octanol–water partition coefficient (Wildman–Crippen LogP) is 5.18. The van der Waals surface area contributed by atoms with E-state index >= 15 is 0 Å². The van der Waals surface area contributed by atoms with Crippen molar-refractivity contribution in [3.05, 3.63) is 77.0 Å². The number of carbonyl (C=O) groups is 1. The van der Waals surface area contributed by atoms with Crippen LogP contribution in [0.3, 0.4) is 0 Å². The van der Waals surface area contributed by atoms with E-state index in [1.807, 2.05) is 35.2 Å². The van der Waals surface area contributed by atoms with Crippen LogP contribution in [0.1, 0.15) is 42.9 Å². The van der Waals surface area contributed by atoms with E-state index in [4.69, 9.17) is 27.8 Å². The molecule has 1 aliphatic heterocycles. The van der Waals surface area contributed by atoms with Crippen LogP contribution < -0.4 is 11.5 Å². The first kappa shape index (κ1) is 29.0. The summed E-state index contributed by atoms with van der Waals surface area (Å²) >= 11 is 6.54. The van der Waals surface area contributed by atoms with Crippen molar-refractivity contribution < 1.29 is 13.9 Å². The molecule has 0 spiro atoms. The van der Waals surface area contributed by atoms with Crippen LogP contribution in [0.4, 0.5) is 10.3 Å². The van der Waals surface area contributed by atoms with Crippen LogP contribution in [0.15, 0.2) is 54.9 Å². The van der Waals surface area contributed by atoms with Gasteiger partial charge in [-0.25, -0.2) is 14.4 Å². The van der Waals surface area contributed by atoms with Gasteiger partial charge in [-0.2, -0.15) is 0 Å². The molecular weight excluding hydrogens is 543 g/mol. The van der Waals surface area contributed by atoms with Crippen molar-refractivity contribution in [3.8, 4) is 11.1 Å². The molecule has 10 heteroatoms. The summed E-state index contributed by atoms with van der Waals surface area (Å²) in [5, 5.41) is 1.04. The third-order valence-corrected chi connectivity index (χ3v) is 8.11. The first-order valence-electron chi connectivity index (χ1n) is 14.0. The molecule has 5 rings (SSSR count). The molecule has 41 heavy (non-hydrogen) atoms. The Morgan fingerprint density at radius 1 is 1.17 bits per heavy atom. The highest BCUT2D eigenvalue weighted by molar-refractivity contribution is 6.35. The smallest absolute Gasteiger partial charge is 0.224 e. The number of nitrogen functional groups attached to an aromatic ring is 1. The average Bonchev–Trinajstić information content (AvgIpc) is 3.37. The molecule has 0 radical (unpaired) electrons. The molecule has 1 aliphatic rings. The standard InChI is InChI=1S/C31H36ClFN6O2/c1-41-13-3-12-39-28(16-25-27(33)10-9-26(32)30(25)39)22-4-2-11-38(19-22)29(40)15-24(34)14-20-5-7-21(8-6-20)23-17-36-31(35)37-18-23/h5-10,16-18,22,24H,2-4,11-15,19,34H2,1H3,(H2,35,36,37)/t22?,24-/m1/s1. The topological polar surface area (TPSA) is 112 Å². The van der Waals surface area contributed by atoms with E-state index < -0.39 is 0 Å². The van der Waals surface area contributed by atoms with E-state index in [9.17, 15) is 9.18 Å². The molecule has 4 N–H and O–H groups in total. The Morgan fingerprint density at radius 2 is 1.93 bits per heavy atom.